The summed E-state index contributed by atoms with van der Waals surface area (Å²) >= 11 is 0. The number of benzene rings is 1. The van der Waals surface area contributed by atoms with Crippen molar-refractivity contribution < 1.29 is 9.84 Å². The standard InChI is InChI=1S/C15H25NO2/c1-3-4-5-12-18-14-8-6-13(7-9-14)15(16-2)10-11-17/h6-9,15-17H,3-5,10-12H2,1-2H3. The molecule has 18 heavy (non-hydrogen) atoms. The minimum Gasteiger partial charge on any atom is -0.494 e. The van der Waals surface area contributed by atoms with Crippen LogP contribution in [0.25, 0.3) is 0 Å². The third-order valence-electron chi connectivity index (χ3n) is 3.07. The van der Waals surface area contributed by atoms with Crippen LogP contribution in [0.1, 0.15) is 44.2 Å². The van der Waals surface area contributed by atoms with Crippen LogP contribution in [0, 0.1) is 0 Å². The van der Waals surface area contributed by atoms with Crippen molar-refractivity contribution >= 4 is 0 Å². The summed E-state index contributed by atoms with van der Waals surface area (Å²) in [7, 11) is 1.91. The van der Waals surface area contributed by atoms with E-state index in [9.17, 15) is 0 Å². The third kappa shape index (κ3) is 5.07. The second kappa shape index (κ2) is 8.95. The molecule has 3 heteroatoms. The van der Waals surface area contributed by atoms with Gasteiger partial charge < -0.3 is 15.2 Å². The van der Waals surface area contributed by atoms with Gasteiger partial charge in [0, 0.05) is 12.6 Å². The van der Waals surface area contributed by atoms with Crippen LogP contribution < -0.4 is 10.1 Å². The summed E-state index contributed by atoms with van der Waals surface area (Å²) in [6, 6.07) is 8.34. The molecule has 1 atom stereocenters. The van der Waals surface area contributed by atoms with Crippen molar-refractivity contribution in [3.63, 3.8) is 0 Å². The van der Waals surface area contributed by atoms with Crippen LogP contribution >= 0.6 is 0 Å². The lowest BCUT2D eigenvalue weighted by Gasteiger charge is -2.15. The lowest BCUT2D eigenvalue weighted by atomic mass is 10.0. The van der Waals surface area contributed by atoms with Crippen LogP contribution in [-0.2, 0) is 0 Å². The van der Waals surface area contributed by atoms with E-state index in [-0.39, 0.29) is 12.6 Å². The van der Waals surface area contributed by atoms with Gasteiger partial charge in [-0.15, -0.1) is 0 Å². The predicted octanol–water partition coefficient (Wildman–Crippen LogP) is 2.90. The molecule has 0 saturated heterocycles. The van der Waals surface area contributed by atoms with Crippen LogP contribution in [-0.4, -0.2) is 25.4 Å². The van der Waals surface area contributed by atoms with Gasteiger partial charge in [-0.25, -0.2) is 0 Å². The number of aliphatic hydroxyl groups excluding tert-OH is 1. The van der Waals surface area contributed by atoms with Crippen molar-refractivity contribution in [2.24, 2.45) is 0 Å². The highest BCUT2D eigenvalue weighted by atomic mass is 16.5. The normalized spacial score (nSPS) is 12.4. The molecule has 102 valence electrons. The zero-order valence-corrected chi connectivity index (χ0v) is 11.5. The molecule has 0 aliphatic rings. The number of ether oxygens (including phenoxy) is 1. The zero-order chi connectivity index (χ0) is 13.2. The molecule has 0 fully saturated rings. The van der Waals surface area contributed by atoms with Crippen LogP contribution in [0.15, 0.2) is 24.3 Å². The van der Waals surface area contributed by atoms with E-state index in [1.165, 1.54) is 18.4 Å². The maximum absolute atomic E-state index is 8.99. The van der Waals surface area contributed by atoms with Gasteiger partial charge in [0.1, 0.15) is 5.75 Å². The Morgan fingerprint density at radius 1 is 1.22 bits per heavy atom. The van der Waals surface area contributed by atoms with Gasteiger partial charge in [0.05, 0.1) is 6.61 Å². The number of aliphatic hydroxyl groups is 1. The molecule has 1 rings (SSSR count). The van der Waals surface area contributed by atoms with E-state index >= 15 is 0 Å². The van der Waals surface area contributed by atoms with Crippen molar-refractivity contribution in [2.75, 3.05) is 20.3 Å². The fraction of sp³-hybridized carbons (Fsp3) is 0.600. The molecule has 0 aliphatic carbocycles. The van der Waals surface area contributed by atoms with Gasteiger partial charge in [-0.05, 0) is 37.6 Å². The largest absolute Gasteiger partial charge is 0.494 e. The Morgan fingerprint density at radius 2 is 1.94 bits per heavy atom. The third-order valence-corrected chi connectivity index (χ3v) is 3.07. The number of rotatable bonds is 9. The Kier molecular flexibility index (Phi) is 7.46. The van der Waals surface area contributed by atoms with E-state index in [2.05, 4.69) is 24.4 Å². The molecule has 0 heterocycles. The van der Waals surface area contributed by atoms with Crippen LogP contribution in [0.5, 0.6) is 5.75 Å². The van der Waals surface area contributed by atoms with E-state index in [0.717, 1.165) is 25.2 Å². The van der Waals surface area contributed by atoms with Gasteiger partial charge in [-0.1, -0.05) is 31.9 Å². The molecule has 0 amide bonds. The fourth-order valence-corrected chi connectivity index (χ4v) is 1.95. The molecule has 3 nitrogen and oxygen atoms in total. The van der Waals surface area contributed by atoms with E-state index in [1.54, 1.807) is 0 Å². The number of nitrogens with one attached hydrogen (secondary N) is 1. The molecule has 0 bridgehead atoms. The first kappa shape index (κ1) is 15.0. The lowest BCUT2D eigenvalue weighted by Crippen LogP contribution is -2.17. The minimum atomic E-state index is 0.195. The van der Waals surface area contributed by atoms with Crippen molar-refractivity contribution in [2.45, 2.75) is 38.6 Å². The van der Waals surface area contributed by atoms with E-state index < -0.39 is 0 Å². The summed E-state index contributed by atoms with van der Waals surface area (Å²) in [6.45, 7) is 3.17. The molecular formula is C15H25NO2. The first-order chi connectivity index (χ1) is 8.81. The molecule has 1 aromatic rings. The summed E-state index contributed by atoms with van der Waals surface area (Å²) < 4.78 is 5.67. The Morgan fingerprint density at radius 3 is 2.50 bits per heavy atom. The fourth-order valence-electron chi connectivity index (χ4n) is 1.95. The van der Waals surface area contributed by atoms with Crippen molar-refractivity contribution in [3.8, 4) is 5.75 Å². The molecule has 0 spiro atoms. The van der Waals surface area contributed by atoms with Gasteiger partial charge in [0.25, 0.3) is 0 Å². The van der Waals surface area contributed by atoms with Crippen LogP contribution in [0.3, 0.4) is 0 Å². The Hall–Kier alpha value is -1.06. The highest BCUT2D eigenvalue weighted by Gasteiger charge is 2.07. The van der Waals surface area contributed by atoms with E-state index in [4.69, 9.17) is 9.84 Å². The highest BCUT2D eigenvalue weighted by Crippen LogP contribution is 2.20. The summed E-state index contributed by atoms with van der Waals surface area (Å²) in [5.41, 5.74) is 1.19. The lowest BCUT2D eigenvalue weighted by molar-refractivity contribution is 0.268. The smallest absolute Gasteiger partial charge is 0.119 e. The summed E-state index contributed by atoms with van der Waals surface area (Å²) in [5, 5.41) is 12.2. The van der Waals surface area contributed by atoms with Crippen LogP contribution in [0.4, 0.5) is 0 Å². The Bertz CT molecular complexity index is 311. The molecular weight excluding hydrogens is 226 g/mol. The predicted molar refractivity (Wildman–Crippen MR) is 75.0 cm³/mol. The first-order valence-corrected chi connectivity index (χ1v) is 6.82. The summed E-state index contributed by atoms with van der Waals surface area (Å²) in [4.78, 5) is 0. The average molecular weight is 251 g/mol. The van der Waals surface area contributed by atoms with Gasteiger partial charge in [-0.3, -0.25) is 0 Å². The molecule has 0 aromatic heterocycles. The van der Waals surface area contributed by atoms with Crippen molar-refractivity contribution in [1.29, 1.82) is 0 Å². The number of hydrogen-bond acceptors (Lipinski definition) is 3. The quantitative estimate of drug-likeness (QED) is 0.663. The highest BCUT2D eigenvalue weighted by molar-refractivity contribution is 5.29. The van der Waals surface area contributed by atoms with Gasteiger partial charge in [0.2, 0.25) is 0 Å². The van der Waals surface area contributed by atoms with Crippen LogP contribution in [0.2, 0.25) is 0 Å². The zero-order valence-electron chi connectivity index (χ0n) is 11.5. The maximum Gasteiger partial charge on any atom is 0.119 e. The van der Waals surface area contributed by atoms with Gasteiger partial charge in [-0.2, -0.15) is 0 Å². The number of unbranched alkanes of at least 4 members (excludes halogenated alkanes) is 2. The topological polar surface area (TPSA) is 41.5 Å². The molecule has 1 unspecified atom stereocenters. The van der Waals surface area contributed by atoms with Crippen molar-refractivity contribution in [3.05, 3.63) is 29.8 Å². The van der Waals surface area contributed by atoms with Gasteiger partial charge >= 0.3 is 0 Å². The van der Waals surface area contributed by atoms with Gasteiger partial charge in [0.15, 0.2) is 0 Å². The Labute approximate surface area is 110 Å². The van der Waals surface area contributed by atoms with Crippen molar-refractivity contribution in [1.82, 2.24) is 5.32 Å². The first-order valence-electron chi connectivity index (χ1n) is 6.82. The van der Waals surface area contributed by atoms with E-state index in [0.29, 0.717) is 0 Å². The molecule has 2 N–H and O–H groups in total. The van der Waals surface area contributed by atoms with E-state index in [1.807, 2.05) is 19.2 Å². The molecule has 0 aliphatic heterocycles. The second-order valence-electron chi connectivity index (χ2n) is 4.48. The SMILES string of the molecule is CCCCCOc1ccc(C(CCO)NC)cc1. The molecule has 0 saturated carbocycles. The Balaban J connectivity index is 2.45. The summed E-state index contributed by atoms with van der Waals surface area (Å²) in [6.07, 6.45) is 4.28. The summed E-state index contributed by atoms with van der Waals surface area (Å²) in [5.74, 6) is 0.925. The minimum absolute atomic E-state index is 0.195. The maximum atomic E-state index is 8.99. The second-order valence-corrected chi connectivity index (χ2v) is 4.48. The number of hydrogen-bond donors (Lipinski definition) is 2. The molecule has 0 radical (unpaired) electrons. The monoisotopic (exact) mass is 251 g/mol. The molecule has 1 aromatic carbocycles. The average Bonchev–Trinajstić information content (AvgIpc) is 2.42.